The van der Waals surface area contributed by atoms with Gasteiger partial charge < -0.3 is 20.4 Å². The summed E-state index contributed by atoms with van der Waals surface area (Å²) in [6, 6.07) is 14.6. The van der Waals surface area contributed by atoms with Crippen LogP contribution in [0.2, 0.25) is 0 Å². The molecule has 41 heavy (non-hydrogen) atoms. The summed E-state index contributed by atoms with van der Waals surface area (Å²) >= 11 is 0. The Kier molecular flexibility index (Phi) is 8.85. The van der Waals surface area contributed by atoms with E-state index < -0.39 is 35.6 Å². The molecular formula is C28H26F3N5O5. The fourth-order valence-corrected chi connectivity index (χ4v) is 4.49. The van der Waals surface area contributed by atoms with Gasteiger partial charge in [0, 0.05) is 30.9 Å². The van der Waals surface area contributed by atoms with Crippen LogP contribution >= 0.6 is 0 Å². The molecular weight excluding hydrogens is 543 g/mol. The molecule has 4 rings (SSSR count). The van der Waals surface area contributed by atoms with Gasteiger partial charge in [-0.25, -0.2) is 4.79 Å². The molecule has 10 nitrogen and oxygen atoms in total. The number of pyridine rings is 1. The summed E-state index contributed by atoms with van der Waals surface area (Å²) < 4.78 is 47.0. The van der Waals surface area contributed by atoms with Crippen LogP contribution in [0.5, 0.6) is 0 Å². The van der Waals surface area contributed by atoms with Crippen LogP contribution in [-0.4, -0.2) is 46.8 Å². The highest BCUT2D eigenvalue weighted by atomic mass is 19.4. The second-order valence-corrected chi connectivity index (χ2v) is 9.30. The predicted molar refractivity (Wildman–Crippen MR) is 142 cm³/mol. The Morgan fingerprint density at radius 2 is 1.71 bits per heavy atom. The zero-order valence-electron chi connectivity index (χ0n) is 21.6. The lowest BCUT2D eigenvalue weighted by Crippen LogP contribution is -2.38. The zero-order valence-corrected chi connectivity index (χ0v) is 21.6. The van der Waals surface area contributed by atoms with E-state index >= 15 is 0 Å². The number of rotatable bonds is 5. The second-order valence-electron chi connectivity index (χ2n) is 9.30. The van der Waals surface area contributed by atoms with E-state index in [1.165, 1.54) is 35.4 Å². The highest BCUT2D eigenvalue weighted by Gasteiger charge is 2.37. The van der Waals surface area contributed by atoms with Gasteiger partial charge in [-0.3, -0.25) is 19.7 Å². The van der Waals surface area contributed by atoms with Crippen LogP contribution in [0.15, 0.2) is 76.6 Å². The second kappa shape index (κ2) is 12.5. The van der Waals surface area contributed by atoms with E-state index in [0.717, 1.165) is 6.07 Å². The van der Waals surface area contributed by atoms with Crippen molar-refractivity contribution in [3.8, 4) is 0 Å². The molecule has 4 N–H and O–H groups in total. The van der Waals surface area contributed by atoms with Crippen molar-refractivity contribution in [3.63, 3.8) is 0 Å². The number of hydrogen-bond donors (Lipinski definition) is 3. The molecule has 3 amide bonds. The van der Waals surface area contributed by atoms with Crippen LogP contribution in [0.1, 0.15) is 56.2 Å². The van der Waals surface area contributed by atoms with Gasteiger partial charge in [-0.1, -0.05) is 36.4 Å². The van der Waals surface area contributed by atoms with E-state index in [1.807, 2.05) is 0 Å². The van der Waals surface area contributed by atoms with Crippen molar-refractivity contribution in [1.29, 1.82) is 0 Å². The van der Waals surface area contributed by atoms with Crippen LogP contribution in [0, 0.1) is 0 Å². The largest absolute Gasteiger partial charge is 0.443 e. The number of aromatic nitrogens is 1. The molecule has 1 aliphatic rings. The smallest absolute Gasteiger partial charge is 0.437 e. The highest BCUT2D eigenvalue weighted by molar-refractivity contribution is 6.07. The average Bonchev–Trinajstić information content (AvgIpc) is 2.96. The number of carbonyl (C=O) groups excluding carboxylic acids is 3. The Labute approximate surface area is 232 Å². The number of aliphatic imine (C=N–C) groups is 1. The fraction of sp³-hybridized carbons (Fsp3) is 0.250. The minimum atomic E-state index is -4.75. The number of nitrogens with one attached hydrogen (secondary N) is 2. The summed E-state index contributed by atoms with van der Waals surface area (Å²) in [5.41, 5.74) is 4.91. The number of aromatic amines is 1. The number of alkyl halides is 3. The Bertz CT molecular complexity index is 1490. The third-order valence-corrected chi connectivity index (χ3v) is 6.53. The van der Waals surface area contributed by atoms with Crippen molar-refractivity contribution in [2.24, 2.45) is 10.7 Å². The number of halogens is 3. The third kappa shape index (κ3) is 7.59. The maximum Gasteiger partial charge on any atom is 0.437 e. The summed E-state index contributed by atoms with van der Waals surface area (Å²) in [5, 5.41) is 2.09. The van der Waals surface area contributed by atoms with Gasteiger partial charge in [-0.2, -0.15) is 13.2 Å². The first-order valence-corrected chi connectivity index (χ1v) is 12.6. The van der Waals surface area contributed by atoms with Crippen molar-refractivity contribution in [2.45, 2.75) is 31.5 Å². The first-order valence-electron chi connectivity index (χ1n) is 12.6. The number of likely N-dealkylation sites (tertiary alicyclic amines) is 1. The van der Waals surface area contributed by atoms with Gasteiger partial charge in [-0.15, -0.1) is 4.99 Å². The molecule has 214 valence electrons. The quantitative estimate of drug-likeness (QED) is 0.315. The molecule has 0 spiro atoms. The Morgan fingerprint density at radius 3 is 2.34 bits per heavy atom. The molecule has 0 radical (unpaired) electrons. The van der Waals surface area contributed by atoms with Gasteiger partial charge in [0.25, 0.3) is 11.8 Å². The summed E-state index contributed by atoms with van der Waals surface area (Å²) in [5.74, 6) is -2.45. The molecule has 13 heteroatoms. The van der Waals surface area contributed by atoms with Gasteiger partial charge in [-0.05, 0) is 48.1 Å². The van der Waals surface area contributed by atoms with E-state index in [4.69, 9.17) is 10.5 Å². The van der Waals surface area contributed by atoms with E-state index in [9.17, 15) is 32.3 Å². The molecule has 1 fully saturated rings. The van der Waals surface area contributed by atoms with Crippen LogP contribution < -0.4 is 16.6 Å². The summed E-state index contributed by atoms with van der Waals surface area (Å²) in [6.07, 6.45) is -3.99. The van der Waals surface area contributed by atoms with E-state index in [-0.39, 0.29) is 60.7 Å². The third-order valence-electron chi connectivity index (χ3n) is 6.53. The van der Waals surface area contributed by atoms with Gasteiger partial charge in [0.1, 0.15) is 6.61 Å². The number of benzene rings is 2. The lowest BCUT2D eigenvalue weighted by molar-refractivity contribution is -0.138. The molecule has 1 aromatic heterocycles. The number of carbonyl (C=O) groups is 3. The minimum Gasteiger partial charge on any atom is -0.443 e. The molecule has 0 unspecified atom stereocenters. The van der Waals surface area contributed by atoms with Gasteiger partial charge in [0.15, 0.2) is 0 Å². The molecule has 0 aliphatic carbocycles. The molecule has 0 atom stereocenters. The van der Waals surface area contributed by atoms with Gasteiger partial charge >= 0.3 is 12.3 Å². The van der Waals surface area contributed by atoms with Crippen LogP contribution in [0.4, 0.5) is 18.0 Å². The number of nitrogens with zero attached hydrogens (tertiary/aromatic N) is 2. The normalized spacial score (nSPS) is 14.4. The standard InChI is InChI=1S/C28H26F3N5O5/c29-28(30,31)22-14-19(24(38)34-26(32)35-27(40)41-16-17-4-2-1-3-5-17)6-8-21(22)18-10-12-36(13-11-18)25(39)20-7-9-23(37)33-15-20/h1-9,14-15,18H,10-13,16H2,(H,33,37)(H3,32,34,35,38,40). The summed E-state index contributed by atoms with van der Waals surface area (Å²) in [7, 11) is 0. The number of amides is 3. The maximum atomic E-state index is 14.0. The molecule has 2 aromatic carbocycles. The molecule has 1 aliphatic heterocycles. The number of piperidine rings is 1. The number of ether oxygens (including phenoxy) is 1. The molecule has 3 aromatic rings. The Hall–Kier alpha value is -4.94. The lowest BCUT2D eigenvalue weighted by atomic mass is 9.85. The highest BCUT2D eigenvalue weighted by Crippen LogP contribution is 2.39. The molecule has 1 saturated heterocycles. The number of H-pyrrole nitrogens is 1. The number of hydrogen-bond acceptors (Lipinski definition) is 5. The first kappa shape index (κ1) is 29.1. The topological polar surface area (TPSA) is 147 Å². The van der Waals surface area contributed by atoms with Crippen molar-refractivity contribution < 1.29 is 32.3 Å². The summed E-state index contributed by atoms with van der Waals surface area (Å²) in [4.78, 5) is 55.7. The van der Waals surface area contributed by atoms with Crippen molar-refractivity contribution >= 4 is 23.9 Å². The molecule has 0 bridgehead atoms. The Morgan fingerprint density at radius 1 is 1.02 bits per heavy atom. The van der Waals surface area contributed by atoms with E-state index in [2.05, 4.69) is 15.3 Å². The fourth-order valence-electron chi connectivity index (χ4n) is 4.49. The van der Waals surface area contributed by atoms with Gasteiger partial charge in [0.2, 0.25) is 11.5 Å². The predicted octanol–water partition coefficient (Wildman–Crippen LogP) is 3.79. The van der Waals surface area contributed by atoms with Crippen LogP contribution in [0.3, 0.4) is 0 Å². The lowest BCUT2D eigenvalue weighted by Gasteiger charge is -2.33. The van der Waals surface area contributed by atoms with Crippen LogP contribution in [0.25, 0.3) is 0 Å². The van der Waals surface area contributed by atoms with Crippen LogP contribution in [-0.2, 0) is 17.5 Å². The van der Waals surface area contributed by atoms with Crippen molar-refractivity contribution in [1.82, 2.24) is 15.2 Å². The van der Waals surface area contributed by atoms with Crippen molar-refractivity contribution in [3.05, 3.63) is 105 Å². The maximum absolute atomic E-state index is 14.0. The Balaban J connectivity index is 1.41. The molecule has 2 heterocycles. The minimum absolute atomic E-state index is 0.0105. The van der Waals surface area contributed by atoms with Gasteiger partial charge in [0.05, 0.1) is 11.1 Å². The van der Waals surface area contributed by atoms with Crippen molar-refractivity contribution in [2.75, 3.05) is 13.1 Å². The number of guanidine groups is 1. The molecule has 0 saturated carbocycles. The summed E-state index contributed by atoms with van der Waals surface area (Å²) in [6.45, 7) is 0.353. The number of nitrogens with two attached hydrogens (primary N) is 1. The SMILES string of the molecule is N/C(=N/C(=O)OCc1ccccc1)NC(=O)c1ccc(C2CCN(C(=O)c3ccc(=O)[nH]c3)CC2)c(C(F)(F)F)c1. The first-order chi connectivity index (χ1) is 19.5. The van der Waals surface area contributed by atoms with E-state index in [1.54, 1.807) is 30.3 Å². The monoisotopic (exact) mass is 569 g/mol. The zero-order chi connectivity index (χ0) is 29.6. The average molecular weight is 570 g/mol. The van der Waals surface area contributed by atoms with E-state index in [0.29, 0.717) is 5.56 Å².